The molecule has 0 saturated carbocycles. The summed E-state index contributed by atoms with van der Waals surface area (Å²) in [5.74, 6) is 4.88. The normalized spacial score (nSPS) is 9.58. The summed E-state index contributed by atoms with van der Waals surface area (Å²) in [6.07, 6.45) is 0. The Morgan fingerprint density at radius 3 is 2.00 bits per heavy atom. The molecular weight excluding hydrogens is 304 g/mol. The molecule has 0 heterocycles. The predicted molar refractivity (Wildman–Crippen MR) is 90.8 cm³/mol. The Labute approximate surface area is 141 Å². The van der Waals surface area contributed by atoms with Crippen LogP contribution in [0.15, 0.2) is 48.5 Å². The standard InChI is InChI=1S/C20H18O4/c1-3-23-19(21)17-13-12-16(14-18(17)20(22)24-4-2)11-10-15-8-6-5-7-9-15/h5-9,12-14H,3-4H2,1-2H3. The van der Waals surface area contributed by atoms with Gasteiger partial charge in [-0.3, -0.25) is 0 Å². The number of hydrogen-bond acceptors (Lipinski definition) is 4. The maximum atomic E-state index is 12.1. The van der Waals surface area contributed by atoms with Crippen LogP contribution < -0.4 is 0 Å². The second kappa shape index (κ2) is 8.54. The van der Waals surface area contributed by atoms with Crippen LogP contribution in [0.2, 0.25) is 0 Å². The zero-order valence-corrected chi connectivity index (χ0v) is 13.7. The molecule has 0 aliphatic heterocycles. The number of carbonyl (C=O) groups excluding carboxylic acids is 2. The Morgan fingerprint density at radius 2 is 1.38 bits per heavy atom. The van der Waals surface area contributed by atoms with E-state index in [0.29, 0.717) is 5.56 Å². The summed E-state index contributed by atoms with van der Waals surface area (Å²) in [7, 11) is 0. The van der Waals surface area contributed by atoms with Crippen LogP contribution in [0.3, 0.4) is 0 Å². The second-order valence-electron chi connectivity index (χ2n) is 4.82. The zero-order valence-electron chi connectivity index (χ0n) is 13.7. The lowest BCUT2D eigenvalue weighted by atomic mass is 10.0. The minimum absolute atomic E-state index is 0.162. The van der Waals surface area contributed by atoms with Crippen LogP contribution in [0.5, 0.6) is 0 Å². The van der Waals surface area contributed by atoms with E-state index in [1.807, 2.05) is 30.3 Å². The SMILES string of the molecule is CCOC(=O)c1ccc(C#Cc2ccccc2)cc1C(=O)OCC. The predicted octanol–water partition coefficient (Wildman–Crippen LogP) is 3.44. The van der Waals surface area contributed by atoms with E-state index in [2.05, 4.69) is 11.8 Å². The van der Waals surface area contributed by atoms with Gasteiger partial charge in [0.1, 0.15) is 0 Å². The zero-order chi connectivity index (χ0) is 17.4. The van der Waals surface area contributed by atoms with E-state index < -0.39 is 11.9 Å². The topological polar surface area (TPSA) is 52.6 Å². The molecule has 24 heavy (non-hydrogen) atoms. The molecule has 0 aromatic heterocycles. The molecule has 0 amide bonds. The molecule has 2 aromatic carbocycles. The van der Waals surface area contributed by atoms with Gasteiger partial charge in [0.25, 0.3) is 0 Å². The third-order valence-corrected chi connectivity index (χ3v) is 3.14. The van der Waals surface area contributed by atoms with Gasteiger partial charge in [-0.15, -0.1) is 0 Å². The van der Waals surface area contributed by atoms with Crippen LogP contribution in [0.25, 0.3) is 0 Å². The van der Waals surface area contributed by atoms with Gasteiger partial charge >= 0.3 is 11.9 Å². The molecule has 0 bridgehead atoms. The van der Waals surface area contributed by atoms with Crippen molar-refractivity contribution in [1.82, 2.24) is 0 Å². The summed E-state index contributed by atoms with van der Waals surface area (Å²) < 4.78 is 10.0. The first-order valence-electron chi connectivity index (χ1n) is 7.71. The van der Waals surface area contributed by atoms with Crippen molar-refractivity contribution in [3.63, 3.8) is 0 Å². The highest BCUT2D eigenvalue weighted by Crippen LogP contribution is 2.15. The van der Waals surface area contributed by atoms with Crippen LogP contribution in [0, 0.1) is 11.8 Å². The van der Waals surface area contributed by atoms with Gasteiger partial charge in [-0.05, 0) is 44.2 Å². The lowest BCUT2D eigenvalue weighted by molar-refractivity contribution is 0.0479. The van der Waals surface area contributed by atoms with Crippen LogP contribution in [-0.2, 0) is 9.47 Å². The molecule has 122 valence electrons. The van der Waals surface area contributed by atoms with Crippen molar-refractivity contribution in [2.45, 2.75) is 13.8 Å². The van der Waals surface area contributed by atoms with Crippen LogP contribution in [-0.4, -0.2) is 25.2 Å². The summed E-state index contributed by atoms with van der Waals surface area (Å²) >= 11 is 0. The van der Waals surface area contributed by atoms with Gasteiger partial charge in [-0.1, -0.05) is 30.0 Å². The molecule has 0 aliphatic rings. The molecule has 0 fully saturated rings. The van der Waals surface area contributed by atoms with Gasteiger partial charge in [0, 0.05) is 11.1 Å². The average molecular weight is 322 g/mol. The molecule has 0 atom stereocenters. The fraction of sp³-hybridized carbons (Fsp3) is 0.200. The molecular formula is C20H18O4. The van der Waals surface area contributed by atoms with Crippen LogP contribution >= 0.6 is 0 Å². The van der Waals surface area contributed by atoms with E-state index in [1.165, 1.54) is 0 Å². The molecule has 2 rings (SSSR count). The van der Waals surface area contributed by atoms with Crippen molar-refractivity contribution in [1.29, 1.82) is 0 Å². The largest absolute Gasteiger partial charge is 0.462 e. The first-order valence-corrected chi connectivity index (χ1v) is 7.71. The first-order chi connectivity index (χ1) is 11.7. The summed E-state index contributed by atoms with van der Waals surface area (Å²) in [6.45, 7) is 3.88. The molecule has 0 aliphatic carbocycles. The summed E-state index contributed by atoms with van der Waals surface area (Å²) in [4.78, 5) is 24.1. The third-order valence-electron chi connectivity index (χ3n) is 3.14. The van der Waals surface area contributed by atoms with E-state index in [9.17, 15) is 9.59 Å². The van der Waals surface area contributed by atoms with Gasteiger partial charge in [-0.25, -0.2) is 9.59 Å². The number of hydrogen-bond donors (Lipinski definition) is 0. The van der Waals surface area contributed by atoms with Crippen molar-refractivity contribution in [2.75, 3.05) is 13.2 Å². The van der Waals surface area contributed by atoms with E-state index in [-0.39, 0.29) is 24.3 Å². The molecule has 0 spiro atoms. The first kappa shape index (κ1) is 17.3. The Hall–Kier alpha value is -3.06. The monoisotopic (exact) mass is 322 g/mol. The number of rotatable bonds is 4. The van der Waals surface area contributed by atoms with Crippen LogP contribution in [0.4, 0.5) is 0 Å². The molecule has 0 unspecified atom stereocenters. The average Bonchev–Trinajstić information content (AvgIpc) is 2.61. The lowest BCUT2D eigenvalue weighted by Gasteiger charge is -2.08. The number of esters is 2. The smallest absolute Gasteiger partial charge is 0.339 e. The second-order valence-corrected chi connectivity index (χ2v) is 4.82. The van der Waals surface area contributed by atoms with E-state index in [4.69, 9.17) is 9.47 Å². The van der Waals surface area contributed by atoms with E-state index in [0.717, 1.165) is 5.56 Å². The summed E-state index contributed by atoms with van der Waals surface area (Å²) in [5.41, 5.74) is 1.83. The Kier molecular flexibility index (Phi) is 6.16. The quantitative estimate of drug-likeness (QED) is 0.639. The number of carbonyl (C=O) groups is 2. The Balaban J connectivity index is 2.38. The molecule has 0 N–H and O–H groups in total. The van der Waals surface area contributed by atoms with E-state index in [1.54, 1.807) is 32.0 Å². The van der Waals surface area contributed by atoms with Gasteiger partial charge in [0.05, 0.1) is 24.3 Å². The molecule has 4 heteroatoms. The maximum Gasteiger partial charge on any atom is 0.339 e. The highest BCUT2D eigenvalue weighted by atomic mass is 16.5. The molecule has 0 saturated heterocycles. The van der Waals surface area contributed by atoms with Gasteiger partial charge < -0.3 is 9.47 Å². The Bertz CT molecular complexity index is 782. The van der Waals surface area contributed by atoms with Gasteiger partial charge in [-0.2, -0.15) is 0 Å². The van der Waals surface area contributed by atoms with Gasteiger partial charge in [0.15, 0.2) is 0 Å². The van der Waals surface area contributed by atoms with Crippen molar-refractivity contribution >= 4 is 11.9 Å². The molecule has 0 radical (unpaired) electrons. The lowest BCUT2D eigenvalue weighted by Crippen LogP contribution is -2.14. The molecule has 4 nitrogen and oxygen atoms in total. The number of ether oxygens (including phenoxy) is 2. The van der Waals surface area contributed by atoms with Crippen molar-refractivity contribution in [3.8, 4) is 11.8 Å². The fourth-order valence-electron chi connectivity index (χ4n) is 2.05. The minimum Gasteiger partial charge on any atom is -0.462 e. The van der Waals surface area contributed by atoms with Crippen molar-refractivity contribution in [2.24, 2.45) is 0 Å². The molecule has 2 aromatic rings. The van der Waals surface area contributed by atoms with Crippen molar-refractivity contribution < 1.29 is 19.1 Å². The number of benzene rings is 2. The summed E-state index contributed by atoms with van der Waals surface area (Å²) in [6, 6.07) is 14.3. The fourth-order valence-corrected chi connectivity index (χ4v) is 2.05. The van der Waals surface area contributed by atoms with Gasteiger partial charge in [0.2, 0.25) is 0 Å². The Morgan fingerprint density at radius 1 is 0.792 bits per heavy atom. The maximum absolute atomic E-state index is 12.1. The van der Waals surface area contributed by atoms with Crippen molar-refractivity contribution in [3.05, 3.63) is 70.8 Å². The van der Waals surface area contributed by atoms with E-state index >= 15 is 0 Å². The highest BCUT2D eigenvalue weighted by Gasteiger charge is 2.19. The highest BCUT2D eigenvalue weighted by molar-refractivity contribution is 6.03. The van der Waals surface area contributed by atoms with Crippen LogP contribution in [0.1, 0.15) is 45.7 Å². The summed E-state index contributed by atoms with van der Waals surface area (Å²) in [5, 5.41) is 0. The minimum atomic E-state index is -0.566. The third kappa shape index (κ3) is 4.47.